The van der Waals surface area contributed by atoms with Gasteiger partial charge in [0, 0.05) is 6.99 Å². The molecule has 30 heavy (non-hydrogen) atoms. The van der Waals surface area contributed by atoms with Crippen LogP contribution in [0.3, 0.4) is 0 Å². The standard InChI is InChI=1S/C26H25F3O.H2/c1-16-3-5-17(6-4-16)18-7-9-19(10-8-18)20-11-12-22(23(27)13-20)21-14-24(28)26(30-2)25(29)15-21;/h7-17H,3-6H2,1-2H3;1H. The highest BCUT2D eigenvalue weighted by atomic mass is 19.1. The average molecular weight is 412 g/mol. The van der Waals surface area contributed by atoms with Gasteiger partial charge in [-0.25, -0.2) is 13.2 Å². The Labute approximate surface area is 177 Å². The summed E-state index contributed by atoms with van der Waals surface area (Å²) in [6.07, 6.45) is 4.98. The van der Waals surface area contributed by atoms with Crippen molar-refractivity contribution in [1.29, 1.82) is 0 Å². The fraction of sp³-hybridized carbons (Fsp3) is 0.308. The quantitative estimate of drug-likeness (QED) is 0.422. The number of hydrogen-bond acceptors (Lipinski definition) is 1. The zero-order valence-corrected chi connectivity index (χ0v) is 17.2. The second-order valence-corrected chi connectivity index (χ2v) is 8.25. The van der Waals surface area contributed by atoms with Gasteiger partial charge in [-0.15, -0.1) is 0 Å². The van der Waals surface area contributed by atoms with Crippen molar-refractivity contribution in [2.45, 2.75) is 38.5 Å². The summed E-state index contributed by atoms with van der Waals surface area (Å²) in [6.45, 7) is 2.31. The molecule has 0 aliphatic heterocycles. The van der Waals surface area contributed by atoms with Gasteiger partial charge in [0.1, 0.15) is 5.82 Å². The van der Waals surface area contributed by atoms with Gasteiger partial charge in [-0.1, -0.05) is 56.2 Å². The SMILES string of the molecule is COc1c(F)cc(-c2ccc(-c3ccc(C4CCC(C)CC4)cc3)cc2F)cc1F.[HH]. The van der Waals surface area contributed by atoms with Crippen LogP contribution in [0.1, 0.15) is 45.5 Å². The first kappa shape index (κ1) is 20.5. The lowest BCUT2D eigenvalue weighted by Crippen LogP contribution is -2.10. The normalized spacial score (nSPS) is 19.0. The highest BCUT2D eigenvalue weighted by Crippen LogP contribution is 2.37. The summed E-state index contributed by atoms with van der Waals surface area (Å²) >= 11 is 0. The van der Waals surface area contributed by atoms with Gasteiger partial charge in [-0.2, -0.15) is 0 Å². The predicted molar refractivity (Wildman–Crippen MR) is 116 cm³/mol. The molecule has 1 saturated carbocycles. The fourth-order valence-corrected chi connectivity index (χ4v) is 4.38. The Morgan fingerprint density at radius 3 is 1.87 bits per heavy atom. The molecule has 1 fully saturated rings. The molecule has 3 aromatic rings. The van der Waals surface area contributed by atoms with Crippen LogP contribution in [0.4, 0.5) is 13.2 Å². The van der Waals surface area contributed by atoms with E-state index in [1.54, 1.807) is 12.1 Å². The maximum absolute atomic E-state index is 14.8. The topological polar surface area (TPSA) is 9.23 Å². The third kappa shape index (κ3) is 4.09. The predicted octanol–water partition coefficient (Wildman–Crippen LogP) is 7.99. The molecular weight excluding hydrogens is 385 g/mol. The lowest BCUT2D eigenvalue weighted by Gasteiger charge is -2.26. The fourth-order valence-electron chi connectivity index (χ4n) is 4.38. The Kier molecular flexibility index (Phi) is 5.85. The molecule has 158 valence electrons. The molecule has 0 amide bonds. The second-order valence-electron chi connectivity index (χ2n) is 8.25. The molecule has 4 heteroatoms. The van der Waals surface area contributed by atoms with Crippen LogP contribution in [-0.2, 0) is 0 Å². The smallest absolute Gasteiger partial charge is 0.190 e. The monoisotopic (exact) mass is 412 g/mol. The molecule has 0 saturated heterocycles. The second kappa shape index (κ2) is 8.55. The van der Waals surface area contributed by atoms with Crippen LogP contribution in [0.25, 0.3) is 22.3 Å². The summed E-state index contributed by atoms with van der Waals surface area (Å²) in [4.78, 5) is 0. The molecule has 0 unspecified atom stereocenters. The van der Waals surface area contributed by atoms with Gasteiger partial charge in [-0.05, 0) is 65.1 Å². The first-order chi connectivity index (χ1) is 14.5. The van der Waals surface area contributed by atoms with Crippen LogP contribution < -0.4 is 4.74 Å². The summed E-state index contributed by atoms with van der Waals surface area (Å²) in [7, 11) is 1.19. The number of ether oxygens (including phenoxy) is 1. The number of rotatable bonds is 4. The van der Waals surface area contributed by atoms with E-state index in [1.807, 2.05) is 12.1 Å². The van der Waals surface area contributed by atoms with E-state index in [0.29, 0.717) is 5.92 Å². The molecule has 4 rings (SSSR count). The first-order valence-corrected chi connectivity index (χ1v) is 10.4. The van der Waals surface area contributed by atoms with Crippen LogP contribution in [0.15, 0.2) is 54.6 Å². The van der Waals surface area contributed by atoms with Crippen molar-refractivity contribution in [2.24, 2.45) is 5.92 Å². The minimum atomic E-state index is -0.858. The van der Waals surface area contributed by atoms with Gasteiger partial charge in [0.25, 0.3) is 0 Å². The maximum atomic E-state index is 14.8. The van der Waals surface area contributed by atoms with Gasteiger partial charge in [0.2, 0.25) is 0 Å². The van der Waals surface area contributed by atoms with Gasteiger partial charge < -0.3 is 4.74 Å². The minimum Gasteiger partial charge on any atom is -0.491 e. The highest BCUT2D eigenvalue weighted by Gasteiger charge is 2.20. The summed E-state index contributed by atoms with van der Waals surface area (Å²) < 4.78 is 47.5. The molecule has 1 nitrogen and oxygen atoms in total. The Hall–Kier alpha value is -2.75. The van der Waals surface area contributed by atoms with Crippen LogP contribution in [0.5, 0.6) is 5.75 Å². The molecule has 0 atom stereocenters. The Morgan fingerprint density at radius 2 is 1.30 bits per heavy atom. The molecule has 0 radical (unpaired) electrons. The van der Waals surface area contributed by atoms with Gasteiger partial charge >= 0.3 is 0 Å². The van der Waals surface area contributed by atoms with Crippen LogP contribution >= 0.6 is 0 Å². The minimum absolute atomic E-state index is 0. The van der Waals surface area contributed by atoms with E-state index >= 15 is 0 Å². The van der Waals surface area contributed by atoms with Crippen molar-refractivity contribution in [3.05, 3.63) is 77.6 Å². The Bertz CT molecular complexity index is 1020. The lowest BCUT2D eigenvalue weighted by atomic mass is 9.79. The Balaban J connectivity index is 0.00000272. The van der Waals surface area contributed by atoms with Gasteiger partial charge in [0.05, 0.1) is 7.11 Å². The van der Waals surface area contributed by atoms with E-state index in [1.165, 1.54) is 44.4 Å². The molecule has 1 aliphatic carbocycles. The number of hydrogen-bond donors (Lipinski definition) is 0. The number of halogens is 3. The van der Waals surface area contributed by atoms with E-state index < -0.39 is 23.2 Å². The summed E-state index contributed by atoms with van der Waals surface area (Å²) in [5.74, 6) is -1.29. The molecule has 0 bridgehead atoms. The average Bonchev–Trinajstić information content (AvgIpc) is 2.74. The molecule has 1 aliphatic rings. The van der Waals surface area contributed by atoms with Crippen molar-refractivity contribution >= 4 is 0 Å². The molecule has 3 aromatic carbocycles. The van der Waals surface area contributed by atoms with Crippen molar-refractivity contribution in [3.8, 4) is 28.0 Å². The number of benzene rings is 3. The molecule has 0 N–H and O–H groups in total. The number of methoxy groups -OCH3 is 1. The van der Waals surface area contributed by atoms with Crippen LogP contribution in [-0.4, -0.2) is 7.11 Å². The summed E-state index contributed by atoms with van der Waals surface area (Å²) in [5.41, 5.74) is 3.27. The highest BCUT2D eigenvalue weighted by molar-refractivity contribution is 5.71. The zero-order chi connectivity index (χ0) is 21.3. The maximum Gasteiger partial charge on any atom is 0.190 e. The van der Waals surface area contributed by atoms with Crippen molar-refractivity contribution < 1.29 is 19.3 Å². The summed E-state index contributed by atoms with van der Waals surface area (Å²) in [6, 6.07) is 15.2. The van der Waals surface area contributed by atoms with Crippen molar-refractivity contribution in [2.75, 3.05) is 7.11 Å². The summed E-state index contributed by atoms with van der Waals surface area (Å²) in [5, 5.41) is 0. The third-order valence-corrected chi connectivity index (χ3v) is 6.21. The van der Waals surface area contributed by atoms with Gasteiger partial charge in [-0.3, -0.25) is 0 Å². The zero-order valence-electron chi connectivity index (χ0n) is 17.2. The molecule has 0 heterocycles. The third-order valence-electron chi connectivity index (χ3n) is 6.21. The largest absolute Gasteiger partial charge is 0.491 e. The first-order valence-electron chi connectivity index (χ1n) is 10.4. The van der Waals surface area contributed by atoms with E-state index in [4.69, 9.17) is 0 Å². The lowest BCUT2D eigenvalue weighted by molar-refractivity contribution is 0.348. The van der Waals surface area contributed by atoms with E-state index in [9.17, 15) is 13.2 Å². The molecule has 0 aromatic heterocycles. The van der Waals surface area contributed by atoms with E-state index in [0.717, 1.165) is 29.2 Å². The molecule has 0 spiro atoms. The van der Waals surface area contributed by atoms with Crippen molar-refractivity contribution in [3.63, 3.8) is 0 Å². The Morgan fingerprint density at radius 1 is 0.733 bits per heavy atom. The van der Waals surface area contributed by atoms with Crippen molar-refractivity contribution in [1.82, 2.24) is 0 Å². The van der Waals surface area contributed by atoms with Gasteiger partial charge in [0.15, 0.2) is 17.4 Å². The van der Waals surface area contributed by atoms with Crippen LogP contribution in [0.2, 0.25) is 0 Å². The molecular formula is C26H27F3O. The van der Waals surface area contributed by atoms with E-state index in [-0.39, 0.29) is 12.6 Å². The van der Waals surface area contributed by atoms with E-state index in [2.05, 4.69) is 23.8 Å². The van der Waals surface area contributed by atoms with Crippen LogP contribution in [0, 0.1) is 23.4 Å².